The van der Waals surface area contributed by atoms with E-state index in [-0.39, 0.29) is 30.6 Å². The van der Waals surface area contributed by atoms with Gasteiger partial charge in [0.2, 0.25) is 11.8 Å². The smallest absolute Gasteiger partial charge is 0.231 e. The lowest BCUT2D eigenvalue weighted by molar-refractivity contribution is -0.122. The molecular formula is C22H20FN3O2S. The lowest BCUT2D eigenvalue weighted by atomic mass is 10.1. The van der Waals surface area contributed by atoms with E-state index in [1.807, 2.05) is 30.3 Å². The molecule has 2 aromatic carbocycles. The van der Waals surface area contributed by atoms with Crippen molar-refractivity contribution in [1.29, 1.82) is 0 Å². The van der Waals surface area contributed by atoms with Crippen LogP contribution in [0.25, 0.3) is 11.3 Å². The Balaban J connectivity index is 1.48. The molecule has 3 aromatic rings. The zero-order chi connectivity index (χ0) is 20.4. The van der Waals surface area contributed by atoms with Crippen molar-refractivity contribution in [3.63, 3.8) is 0 Å². The van der Waals surface area contributed by atoms with Gasteiger partial charge >= 0.3 is 0 Å². The average molecular weight is 409 g/mol. The molecule has 0 bridgehead atoms. The van der Waals surface area contributed by atoms with Crippen LogP contribution in [0, 0.1) is 11.7 Å². The molecule has 0 spiro atoms. The van der Waals surface area contributed by atoms with Crippen LogP contribution in [0.4, 0.5) is 15.2 Å². The predicted molar refractivity (Wildman–Crippen MR) is 112 cm³/mol. The maximum absolute atomic E-state index is 13.1. The van der Waals surface area contributed by atoms with Gasteiger partial charge in [-0.3, -0.25) is 9.59 Å². The summed E-state index contributed by atoms with van der Waals surface area (Å²) in [4.78, 5) is 32.3. The van der Waals surface area contributed by atoms with E-state index in [2.05, 4.69) is 17.2 Å². The van der Waals surface area contributed by atoms with Crippen molar-refractivity contribution in [1.82, 2.24) is 4.98 Å². The number of hydrogen-bond donors (Lipinski definition) is 1. The van der Waals surface area contributed by atoms with Gasteiger partial charge in [-0.15, -0.1) is 11.3 Å². The van der Waals surface area contributed by atoms with Crippen molar-refractivity contribution in [2.75, 3.05) is 16.8 Å². The Hall–Kier alpha value is -3.06. The summed E-state index contributed by atoms with van der Waals surface area (Å²) in [6, 6.07) is 15.6. The van der Waals surface area contributed by atoms with Crippen LogP contribution in [0.15, 0.2) is 54.6 Å². The standard InChI is InChI=1S/C22H20FN3O2S/c1-2-18-20(14-6-4-3-5-7-14)24-22(29-18)25-21(28)15-12-19(27)26(13-15)17-10-8-16(23)9-11-17/h3-11,15H,2,12-13H2,1H3,(H,24,25,28). The summed E-state index contributed by atoms with van der Waals surface area (Å²) in [7, 11) is 0. The van der Waals surface area contributed by atoms with Crippen molar-refractivity contribution >= 4 is 34.0 Å². The second-order valence-electron chi connectivity index (χ2n) is 6.88. The Labute approximate surface area is 172 Å². The molecule has 1 aliphatic rings. The maximum Gasteiger partial charge on any atom is 0.231 e. The quantitative estimate of drug-likeness (QED) is 0.675. The van der Waals surface area contributed by atoms with Gasteiger partial charge < -0.3 is 10.2 Å². The Morgan fingerprint density at radius 2 is 1.93 bits per heavy atom. The topological polar surface area (TPSA) is 62.3 Å². The molecule has 1 atom stereocenters. The fourth-order valence-electron chi connectivity index (χ4n) is 3.43. The molecule has 1 fully saturated rings. The van der Waals surface area contributed by atoms with E-state index in [1.165, 1.54) is 28.4 Å². The first-order valence-corrected chi connectivity index (χ1v) is 10.3. The zero-order valence-electron chi connectivity index (χ0n) is 15.9. The van der Waals surface area contributed by atoms with Gasteiger partial charge in [0.25, 0.3) is 0 Å². The Kier molecular flexibility index (Phi) is 5.40. The maximum atomic E-state index is 13.1. The molecule has 29 heavy (non-hydrogen) atoms. The van der Waals surface area contributed by atoms with E-state index < -0.39 is 5.92 Å². The van der Waals surface area contributed by atoms with Crippen LogP contribution in [-0.4, -0.2) is 23.3 Å². The lowest BCUT2D eigenvalue weighted by Crippen LogP contribution is -2.28. The summed E-state index contributed by atoms with van der Waals surface area (Å²) in [5, 5.41) is 3.42. The fourth-order valence-corrected chi connectivity index (χ4v) is 4.35. The summed E-state index contributed by atoms with van der Waals surface area (Å²) in [5.74, 6) is -1.20. The number of hydrogen-bond acceptors (Lipinski definition) is 4. The van der Waals surface area contributed by atoms with Gasteiger partial charge in [0.15, 0.2) is 5.13 Å². The molecular weight excluding hydrogens is 389 g/mol. The number of thiazole rings is 1. The highest BCUT2D eigenvalue weighted by atomic mass is 32.1. The monoisotopic (exact) mass is 409 g/mol. The minimum absolute atomic E-state index is 0.126. The number of aromatic nitrogens is 1. The molecule has 1 unspecified atom stereocenters. The first-order valence-electron chi connectivity index (χ1n) is 9.47. The van der Waals surface area contributed by atoms with Crippen molar-refractivity contribution in [2.24, 2.45) is 5.92 Å². The van der Waals surface area contributed by atoms with Crippen LogP contribution in [0.3, 0.4) is 0 Å². The number of carbonyl (C=O) groups excluding carboxylic acids is 2. The van der Waals surface area contributed by atoms with Crippen LogP contribution >= 0.6 is 11.3 Å². The first kappa shape index (κ1) is 19.3. The summed E-state index contributed by atoms with van der Waals surface area (Å²) in [6.07, 6.45) is 0.943. The van der Waals surface area contributed by atoms with Crippen molar-refractivity contribution in [3.8, 4) is 11.3 Å². The molecule has 2 heterocycles. The van der Waals surface area contributed by atoms with Crippen molar-refractivity contribution in [2.45, 2.75) is 19.8 Å². The highest BCUT2D eigenvalue weighted by molar-refractivity contribution is 7.16. The number of rotatable bonds is 5. The molecule has 7 heteroatoms. The molecule has 148 valence electrons. The van der Waals surface area contributed by atoms with Crippen LogP contribution in [0.2, 0.25) is 0 Å². The SMILES string of the molecule is CCc1sc(NC(=O)C2CC(=O)N(c3ccc(F)cc3)C2)nc1-c1ccccc1. The lowest BCUT2D eigenvalue weighted by Gasteiger charge is -2.16. The molecule has 5 nitrogen and oxygen atoms in total. The van der Waals surface area contributed by atoms with E-state index in [0.29, 0.717) is 10.8 Å². The molecule has 2 amide bonds. The second kappa shape index (κ2) is 8.13. The minimum atomic E-state index is -0.471. The first-order chi connectivity index (χ1) is 14.0. The normalized spacial score (nSPS) is 16.3. The van der Waals surface area contributed by atoms with E-state index in [4.69, 9.17) is 0 Å². The van der Waals surface area contributed by atoms with Gasteiger partial charge in [0, 0.05) is 29.1 Å². The number of nitrogens with zero attached hydrogens (tertiary/aromatic N) is 2. The van der Waals surface area contributed by atoms with E-state index in [9.17, 15) is 14.0 Å². The third-order valence-corrected chi connectivity index (χ3v) is 6.05. The van der Waals surface area contributed by atoms with Gasteiger partial charge in [-0.05, 0) is 30.7 Å². The highest BCUT2D eigenvalue weighted by Crippen LogP contribution is 2.32. The Morgan fingerprint density at radius 1 is 1.21 bits per heavy atom. The third kappa shape index (κ3) is 4.05. The van der Waals surface area contributed by atoms with Crippen LogP contribution in [0.5, 0.6) is 0 Å². The van der Waals surface area contributed by atoms with Gasteiger partial charge in [-0.25, -0.2) is 9.37 Å². The molecule has 1 N–H and O–H groups in total. The Morgan fingerprint density at radius 3 is 2.62 bits per heavy atom. The second-order valence-corrected chi connectivity index (χ2v) is 7.97. The predicted octanol–water partition coefficient (Wildman–Crippen LogP) is 4.50. The largest absolute Gasteiger partial charge is 0.312 e. The molecule has 1 saturated heterocycles. The van der Waals surface area contributed by atoms with E-state index in [1.54, 1.807) is 12.1 Å². The molecule has 4 rings (SSSR count). The Bertz CT molecular complexity index is 1030. The third-order valence-electron chi connectivity index (χ3n) is 4.93. The average Bonchev–Trinajstić information content (AvgIpc) is 3.33. The van der Waals surface area contributed by atoms with Crippen molar-refractivity contribution in [3.05, 3.63) is 65.3 Å². The molecule has 1 aliphatic heterocycles. The highest BCUT2D eigenvalue weighted by Gasteiger charge is 2.35. The van der Waals surface area contributed by atoms with Crippen LogP contribution in [0.1, 0.15) is 18.2 Å². The van der Waals surface area contributed by atoms with E-state index >= 15 is 0 Å². The van der Waals surface area contributed by atoms with Crippen LogP contribution in [-0.2, 0) is 16.0 Å². The molecule has 1 aromatic heterocycles. The number of carbonyl (C=O) groups is 2. The van der Waals surface area contributed by atoms with Gasteiger partial charge in [-0.1, -0.05) is 37.3 Å². The van der Waals surface area contributed by atoms with Crippen LogP contribution < -0.4 is 10.2 Å². The van der Waals surface area contributed by atoms with Gasteiger partial charge in [0.05, 0.1) is 11.6 Å². The van der Waals surface area contributed by atoms with Crippen molar-refractivity contribution < 1.29 is 14.0 Å². The summed E-state index contributed by atoms with van der Waals surface area (Å²) >= 11 is 1.46. The number of nitrogens with one attached hydrogen (secondary N) is 1. The van der Waals surface area contributed by atoms with Gasteiger partial charge in [-0.2, -0.15) is 0 Å². The molecule has 0 aliphatic carbocycles. The summed E-state index contributed by atoms with van der Waals surface area (Å²) < 4.78 is 13.1. The number of aryl methyl sites for hydroxylation is 1. The molecule has 0 saturated carbocycles. The fraction of sp³-hybridized carbons (Fsp3) is 0.227. The summed E-state index contributed by atoms with van der Waals surface area (Å²) in [6.45, 7) is 2.33. The van der Waals surface area contributed by atoms with Gasteiger partial charge in [0.1, 0.15) is 5.82 Å². The summed E-state index contributed by atoms with van der Waals surface area (Å²) in [5.41, 5.74) is 2.49. The number of amides is 2. The zero-order valence-corrected chi connectivity index (χ0v) is 16.7. The minimum Gasteiger partial charge on any atom is -0.312 e. The number of halogens is 1. The van der Waals surface area contributed by atoms with E-state index in [0.717, 1.165) is 22.6 Å². The number of anilines is 2. The number of benzene rings is 2. The molecule has 0 radical (unpaired) electrons.